The van der Waals surface area contributed by atoms with Gasteiger partial charge < -0.3 is 0 Å². The molecule has 2 rings (SSSR count). The average molecular weight is 256 g/mol. The summed E-state index contributed by atoms with van der Waals surface area (Å²) in [6, 6.07) is 5.53. The fourth-order valence-corrected chi connectivity index (χ4v) is 2.50. The Kier molecular flexibility index (Phi) is 4.36. The zero-order chi connectivity index (χ0) is 13.8. The first-order valence-electron chi connectivity index (χ1n) is 6.90. The predicted octanol–water partition coefficient (Wildman–Crippen LogP) is 5.62. The standard InChI is InChI=1S/C18H21F/c1-4-5-14(3)16-10-11-17(18(19)12-16)15-8-6-13(2)7-9-15/h4-5,8,10-13H,1,6-7,9H2,2-3H3. The van der Waals surface area contributed by atoms with Gasteiger partial charge in [-0.2, -0.15) is 0 Å². The third kappa shape index (κ3) is 3.23. The zero-order valence-electron chi connectivity index (χ0n) is 11.7. The zero-order valence-corrected chi connectivity index (χ0v) is 11.7. The lowest BCUT2D eigenvalue weighted by Gasteiger charge is -2.19. The Hall–Kier alpha value is -1.63. The van der Waals surface area contributed by atoms with E-state index in [1.165, 1.54) is 0 Å². The van der Waals surface area contributed by atoms with Crippen molar-refractivity contribution < 1.29 is 4.39 Å². The lowest BCUT2D eigenvalue weighted by Crippen LogP contribution is -2.02. The molecule has 0 spiro atoms. The molecule has 0 heterocycles. The summed E-state index contributed by atoms with van der Waals surface area (Å²) in [4.78, 5) is 0. The number of allylic oxidation sites excluding steroid dienone is 5. The molecular weight excluding hydrogens is 235 g/mol. The van der Waals surface area contributed by atoms with Crippen LogP contribution in [0.4, 0.5) is 4.39 Å². The summed E-state index contributed by atoms with van der Waals surface area (Å²) in [5, 5.41) is 0. The van der Waals surface area contributed by atoms with Crippen molar-refractivity contribution in [2.75, 3.05) is 0 Å². The normalized spacial score (nSPS) is 20.1. The molecule has 0 aliphatic heterocycles. The Bertz CT molecular complexity index is 535. The molecule has 19 heavy (non-hydrogen) atoms. The van der Waals surface area contributed by atoms with Gasteiger partial charge in [-0.15, -0.1) is 0 Å². The van der Waals surface area contributed by atoms with E-state index in [9.17, 15) is 4.39 Å². The van der Waals surface area contributed by atoms with Crippen LogP contribution in [0.2, 0.25) is 0 Å². The van der Waals surface area contributed by atoms with Gasteiger partial charge in [-0.05, 0) is 54.9 Å². The van der Waals surface area contributed by atoms with E-state index in [0.717, 1.165) is 47.5 Å². The molecule has 0 saturated carbocycles. The van der Waals surface area contributed by atoms with Crippen LogP contribution in [0.3, 0.4) is 0 Å². The topological polar surface area (TPSA) is 0 Å². The molecule has 1 unspecified atom stereocenters. The second-order valence-electron chi connectivity index (χ2n) is 5.39. The summed E-state index contributed by atoms with van der Waals surface area (Å²) in [5.41, 5.74) is 3.88. The summed E-state index contributed by atoms with van der Waals surface area (Å²) < 4.78 is 14.2. The van der Waals surface area contributed by atoms with Crippen molar-refractivity contribution in [1.82, 2.24) is 0 Å². The first kappa shape index (κ1) is 13.8. The monoisotopic (exact) mass is 256 g/mol. The van der Waals surface area contributed by atoms with Gasteiger partial charge in [0.05, 0.1) is 0 Å². The highest BCUT2D eigenvalue weighted by Gasteiger charge is 2.14. The van der Waals surface area contributed by atoms with E-state index in [0.29, 0.717) is 0 Å². The highest BCUT2D eigenvalue weighted by Crippen LogP contribution is 2.32. The minimum Gasteiger partial charge on any atom is -0.206 e. The number of halogens is 1. The van der Waals surface area contributed by atoms with Crippen LogP contribution in [0.1, 0.15) is 44.2 Å². The Balaban J connectivity index is 2.30. The van der Waals surface area contributed by atoms with Crippen molar-refractivity contribution in [3.05, 3.63) is 60.0 Å². The lowest BCUT2D eigenvalue weighted by atomic mass is 9.87. The van der Waals surface area contributed by atoms with E-state index in [1.807, 2.05) is 25.1 Å². The first-order chi connectivity index (χ1) is 9.11. The lowest BCUT2D eigenvalue weighted by molar-refractivity contribution is 0.531. The minimum absolute atomic E-state index is 0.116. The van der Waals surface area contributed by atoms with Gasteiger partial charge in [0.2, 0.25) is 0 Å². The number of hydrogen-bond donors (Lipinski definition) is 0. The predicted molar refractivity (Wildman–Crippen MR) is 81.2 cm³/mol. The summed E-state index contributed by atoms with van der Waals surface area (Å²) in [6.07, 6.45) is 9.02. The van der Waals surface area contributed by atoms with Gasteiger partial charge in [-0.1, -0.05) is 43.9 Å². The summed E-state index contributed by atoms with van der Waals surface area (Å²) in [7, 11) is 0. The maximum absolute atomic E-state index is 14.2. The molecule has 0 nitrogen and oxygen atoms in total. The van der Waals surface area contributed by atoms with Crippen molar-refractivity contribution in [3.8, 4) is 0 Å². The molecule has 0 aromatic heterocycles. The van der Waals surface area contributed by atoms with Crippen LogP contribution in [0, 0.1) is 11.7 Å². The highest BCUT2D eigenvalue weighted by atomic mass is 19.1. The largest absolute Gasteiger partial charge is 0.206 e. The fourth-order valence-electron chi connectivity index (χ4n) is 2.50. The molecular formula is C18H21F. The van der Waals surface area contributed by atoms with Gasteiger partial charge in [-0.3, -0.25) is 0 Å². The highest BCUT2D eigenvalue weighted by molar-refractivity contribution is 5.71. The molecule has 0 fully saturated rings. The molecule has 1 atom stereocenters. The Morgan fingerprint density at radius 1 is 1.42 bits per heavy atom. The van der Waals surface area contributed by atoms with E-state index >= 15 is 0 Å². The Morgan fingerprint density at radius 3 is 2.79 bits per heavy atom. The summed E-state index contributed by atoms with van der Waals surface area (Å²) in [6.45, 7) is 7.88. The molecule has 0 radical (unpaired) electrons. The third-order valence-corrected chi connectivity index (χ3v) is 3.81. The van der Waals surface area contributed by atoms with Gasteiger partial charge in [0, 0.05) is 5.56 Å². The molecule has 0 amide bonds. The van der Waals surface area contributed by atoms with Gasteiger partial charge in [0.1, 0.15) is 5.82 Å². The van der Waals surface area contributed by atoms with Crippen LogP contribution in [-0.2, 0) is 0 Å². The molecule has 1 aliphatic carbocycles. The molecule has 0 N–H and O–H groups in total. The maximum Gasteiger partial charge on any atom is 0.131 e. The average Bonchev–Trinajstić information content (AvgIpc) is 2.40. The molecule has 1 aliphatic rings. The number of rotatable bonds is 3. The smallest absolute Gasteiger partial charge is 0.131 e. The van der Waals surface area contributed by atoms with Crippen LogP contribution < -0.4 is 0 Å². The molecule has 1 heteroatoms. The van der Waals surface area contributed by atoms with Crippen LogP contribution >= 0.6 is 0 Å². The van der Waals surface area contributed by atoms with Gasteiger partial charge in [0.15, 0.2) is 0 Å². The van der Waals surface area contributed by atoms with Gasteiger partial charge in [-0.25, -0.2) is 4.39 Å². The van der Waals surface area contributed by atoms with Crippen LogP contribution in [0.5, 0.6) is 0 Å². The first-order valence-corrected chi connectivity index (χ1v) is 6.90. The molecule has 1 aromatic rings. The SMILES string of the molecule is C=CC=C(C)c1ccc(C2=CCC(C)CC2)c(F)c1. The van der Waals surface area contributed by atoms with Gasteiger partial charge >= 0.3 is 0 Å². The molecule has 100 valence electrons. The van der Waals surface area contributed by atoms with E-state index in [4.69, 9.17) is 0 Å². The van der Waals surface area contributed by atoms with E-state index < -0.39 is 0 Å². The quantitative estimate of drug-likeness (QED) is 0.616. The molecule has 0 bridgehead atoms. The Morgan fingerprint density at radius 2 is 2.21 bits per heavy atom. The maximum atomic E-state index is 14.2. The molecule has 1 aromatic carbocycles. The summed E-state index contributed by atoms with van der Waals surface area (Å²) in [5.74, 6) is 0.610. The van der Waals surface area contributed by atoms with Gasteiger partial charge in [0.25, 0.3) is 0 Å². The minimum atomic E-state index is -0.116. The summed E-state index contributed by atoms with van der Waals surface area (Å²) >= 11 is 0. The van der Waals surface area contributed by atoms with Crippen LogP contribution in [0.25, 0.3) is 11.1 Å². The van der Waals surface area contributed by atoms with Crippen molar-refractivity contribution in [1.29, 1.82) is 0 Å². The van der Waals surface area contributed by atoms with Crippen molar-refractivity contribution in [2.45, 2.75) is 33.1 Å². The van der Waals surface area contributed by atoms with Crippen LogP contribution in [0.15, 0.2) is 43.0 Å². The number of benzene rings is 1. The van der Waals surface area contributed by atoms with Crippen molar-refractivity contribution in [3.63, 3.8) is 0 Å². The second kappa shape index (κ2) is 6.01. The van der Waals surface area contributed by atoms with E-state index in [-0.39, 0.29) is 5.82 Å². The van der Waals surface area contributed by atoms with Crippen LogP contribution in [-0.4, -0.2) is 0 Å². The third-order valence-electron chi connectivity index (χ3n) is 3.81. The fraction of sp³-hybridized carbons (Fsp3) is 0.333. The van der Waals surface area contributed by atoms with Crippen molar-refractivity contribution in [2.24, 2.45) is 5.92 Å². The second-order valence-corrected chi connectivity index (χ2v) is 5.39. The number of hydrogen-bond acceptors (Lipinski definition) is 0. The van der Waals surface area contributed by atoms with Crippen molar-refractivity contribution >= 4 is 11.1 Å². The Labute approximate surface area is 115 Å². The van der Waals surface area contributed by atoms with E-state index in [1.54, 1.807) is 12.1 Å². The molecule has 0 saturated heterocycles. The van der Waals surface area contributed by atoms with E-state index in [2.05, 4.69) is 19.6 Å².